The molecule has 0 fully saturated rings. The highest BCUT2D eigenvalue weighted by Gasteiger charge is 2.23. The van der Waals surface area contributed by atoms with Gasteiger partial charge in [-0.2, -0.15) is 0 Å². The van der Waals surface area contributed by atoms with Crippen molar-refractivity contribution in [1.82, 2.24) is 4.98 Å². The van der Waals surface area contributed by atoms with Crippen LogP contribution in [0.1, 0.15) is 5.56 Å². The van der Waals surface area contributed by atoms with Crippen LogP contribution in [0.4, 0.5) is 10.8 Å². The van der Waals surface area contributed by atoms with Gasteiger partial charge in [0.1, 0.15) is 0 Å². The first-order valence-corrected chi connectivity index (χ1v) is 6.80. The van der Waals surface area contributed by atoms with Gasteiger partial charge in [0, 0.05) is 22.8 Å². The van der Waals surface area contributed by atoms with Crippen LogP contribution in [0.5, 0.6) is 11.5 Å². The fourth-order valence-electron chi connectivity index (χ4n) is 1.94. The van der Waals surface area contributed by atoms with Crippen molar-refractivity contribution in [3.05, 3.63) is 29.3 Å². The number of hydrogen-bond acceptors (Lipinski definition) is 7. The molecule has 2 aromatic rings. The molecule has 3 rings (SSSR count). The van der Waals surface area contributed by atoms with E-state index in [-0.39, 0.29) is 19.2 Å². The Balaban J connectivity index is 1.97. The van der Waals surface area contributed by atoms with Crippen LogP contribution in [0.25, 0.3) is 0 Å². The van der Waals surface area contributed by atoms with E-state index in [9.17, 15) is 4.79 Å². The van der Waals surface area contributed by atoms with Crippen LogP contribution in [0.15, 0.2) is 23.7 Å². The molecule has 1 aromatic carbocycles. The lowest BCUT2D eigenvalue weighted by molar-refractivity contribution is -0.139. The Labute approximate surface area is 119 Å². The third-order valence-electron chi connectivity index (χ3n) is 2.86. The molecule has 1 aromatic heterocycles. The van der Waals surface area contributed by atoms with Gasteiger partial charge in [-0.15, -0.1) is 11.3 Å². The Morgan fingerprint density at radius 3 is 3.15 bits per heavy atom. The second kappa shape index (κ2) is 5.38. The lowest BCUT2D eigenvalue weighted by Gasteiger charge is -2.12. The first kappa shape index (κ1) is 12.7. The monoisotopic (exact) mass is 292 g/mol. The summed E-state index contributed by atoms with van der Waals surface area (Å²) in [5.41, 5.74) is 1.47. The fraction of sp³-hybridized carbons (Fsp3) is 0.231. The van der Waals surface area contributed by atoms with Crippen molar-refractivity contribution in [1.29, 1.82) is 0 Å². The largest absolute Gasteiger partial charge is 0.469 e. The van der Waals surface area contributed by atoms with Crippen LogP contribution >= 0.6 is 11.3 Å². The number of aromatic nitrogens is 1. The van der Waals surface area contributed by atoms with E-state index in [2.05, 4.69) is 10.3 Å². The van der Waals surface area contributed by atoms with Crippen LogP contribution in [-0.2, 0) is 16.0 Å². The summed E-state index contributed by atoms with van der Waals surface area (Å²) in [7, 11) is 1.36. The van der Waals surface area contributed by atoms with Crippen LogP contribution in [-0.4, -0.2) is 24.9 Å². The molecule has 0 amide bonds. The summed E-state index contributed by atoms with van der Waals surface area (Å²) in [5, 5.41) is 5.79. The molecule has 104 valence electrons. The lowest BCUT2D eigenvalue weighted by atomic mass is 10.1. The summed E-state index contributed by atoms with van der Waals surface area (Å²) in [6.07, 6.45) is 1.82. The Bertz CT molecular complexity index is 628. The number of carbonyl (C=O) groups excluding carboxylic acids is 1. The minimum atomic E-state index is -0.337. The third-order valence-corrected chi connectivity index (χ3v) is 3.55. The minimum Gasteiger partial charge on any atom is -0.469 e. The number of anilines is 2. The van der Waals surface area contributed by atoms with E-state index in [1.54, 1.807) is 12.3 Å². The Morgan fingerprint density at radius 1 is 1.50 bits per heavy atom. The molecule has 0 aliphatic carbocycles. The maximum atomic E-state index is 11.6. The lowest BCUT2D eigenvalue weighted by Crippen LogP contribution is -2.08. The van der Waals surface area contributed by atoms with Gasteiger partial charge in [-0.05, 0) is 12.1 Å². The van der Waals surface area contributed by atoms with Crippen molar-refractivity contribution in [2.24, 2.45) is 0 Å². The summed E-state index contributed by atoms with van der Waals surface area (Å²) in [6, 6.07) is 3.65. The molecule has 7 heteroatoms. The van der Waals surface area contributed by atoms with E-state index in [1.807, 2.05) is 11.4 Å². The molecule has 1 aliphatic rings. The average molecular weight is 292 g/mol. The number of nitrogens with zero attached hydrogens (tertiary/aromatic N) is 1. The molecule has 0 bridgehead atoms. The minimum absolute atomic E-state index is 0.108. The standard InChI is InChI=1S/C13H12N2O4S/c1-17-11(16)6-8-9(15-13-14-4-5-20-13)2-3-10-12(8)19-7-18-10/h2-5H,6-7H2,1H3,(H,14,15). The summed E-state index contributed by atoms with van der Waals surface area (Å²) in [4.78, 5) is 15.7. The molecule has 20 heavy (non-hydrogen) atoms. The highest BCUT2D eigenvalue weighted by molar-refractivity contribution is 7.13. The molecular weight excluding hydrogens is 280 g/mol. The molecule has 1 aliphatic heterocycles. The number of esters is 1. The summed E-state index contributed by atoms with van der Waals surface area (Å²) in [5.74, 6) is 0.877. The maximum absolute atomic E-state index is 11.6. The Hall–Kier alpha value is -2.28. The third kappa shape index (κ3) is 2.39. The number of thiazole rings is 1. The molecule has 0 atom stereocenters. The van der Waals surface area contributed by atoms with E-state index in [0.29, 0.717) is 17.1 Å². The van der Waals surface area contributed by atoms with Crippen molar-refractivity contribution in [3.8, 4) is 11.5 Å². The smallest absolute Gasteiger partial charge is 0.310 e. The topological polar surface area (TPSA) is 69.7 Å². The van der Waals surface area contributed by atoms with Gasteiger partial charge >= 0.3 is 5.97 Å². The normalized spacial score (nSPS) is 12.2. The second-order valence-corrected chi connectivity index (χ2v) is 4.94. The molecule has 0 saturated carbocycles. The Kier molecular flexibility index (Phi) is 3.42. The molecule has 2 heterocycles. The highest BCUT2D eigenvalue weighted by Crippen LogP contribution is 2.41. The number of rotatable bonds is 4. The van der Waals surface area contributed by atoms with Gasteiger partial charge in [-0.3, -0.25) is 4.79 Å². The molecule has 0 spiro atoms. The van der Waals surface area contributed by atoms with Gasteiger partial charge < -0.3 is 19.5 Å². The zero-order valence-corrected chi connectivity index (χ0v) is 11.5. The molecular formula is C13H12N2O4S. The van der Waals surface area contributed by atoms with Crippen molar-refractivity contribution in [3.63, 3.8) is 0 Å². The zero-order chi connectivity index (χ0) is 13.9. The second-order valence-electron chi connectivity index (χ2n) is 4.04. The fourth-order valence-corrected chi connectivity index (χ4v) is 2.48. The SMILES string of the molecule is COC(=O)Cc1c(Nc2nccs2)ccc2c1OCO2. The average Bonchev–Trinajstić information content (AvgIpc) is 3.12. The van der Waals surface area contributed by atoms with Gasteiger partial charge in [-0.25, -0.2) is 4.98 Å². The van der Waals surface area contributed by atoms with Crippen LogP contribution in [0.2, 0.25) is 0 Å². The quantitative estimate of drug-likeness (QED) is 0.872. The molecule has 0 saturated heterocycles. The summed E-state index contributed by atoms with van der Waals surface area (Å²) < 4.78 is 15.5. The van der Waals surface area contributed by atoms with E-state index >= 15 is 0 Å². The predicted octanol–water partition coefficient (Wildman–Crippen LogP) is 2.33. The van der Waals surface area contributed by atoms with Crippen LogP contribution in [0.3, 0.4) is 0 Å². The number of ether oxygens (including phenoxy) is 3. The number of methoxy groups -OCH3 is 1. The van der Waals surface area contributed by atoms with Gasteiger partial charge in [0.15, 0.2) is 16.6 Å². The van der Waals surface area contributed by atoms with Crippen LogP contribution < -0.4 is 14.8 Å². The van der Waals surface area contributed by atoms with E-state index in [1.165, 1.54) is 18.4 Å². The van der Waals surface area contributed by atoms with Crippen molar-refractivity contribution in [2.45, 2.75) is 6.42 Å². The molecule has 0 radical (unpaired) electrons. The maximum Gasteiger partial charge on any atom is 0.310 e. The Morgan fingerprint density at radius 2 is 2.40 bits per heavy atom. The molecule has 0 unspecified atom stereocenters. The van der Waals surface area contributed by atoms with Gasteiger partial charge in [0.25, 0.3) is 0 Å². The van der Waals surface area contributed by atoms with Gasteiger partial charge in [-0.1, -0.05) is 0 Å². The van der Waals surface area contributed by atoms with Crippen molar-refractivity contribution < 1.29 is 19.0 Å². The number of carbonyl (C=O) groups is 1. The van der Waals surface area contributed by atoms with Crippen LogP contribution in [0, 0.1) is 0 Å². The first-order valence-electron chi connectivity index (χ1n) is 5.92. The first-order chi connectivity index (χ1) is 9.78. The number of nitrogens with one attached hydrogen (secondary N) is 1. The van der Waals surface area contributed by atoms with Crippen molar-refractivity contribution in [2.75, 3.05) is 19.2 Å². The summed E-state index contributed by atoms with van der Waals surface area (Å²) in [6.45, 7) is 0.157. The van der Waals surface area contributed by atoms with Gasteiger partial charge in [0.05, 0.1) is 13.5 Å². The number of hydrogen-bond donors (Lipinski definition) is 1. The van der Waals surface area contributed by atoms with E-state index in [0.717, 1.165) is 10.8 Å². The molecule has 6 nitrogen and oxygen atoms in total. The van der Waals surface area contributed by atoms with Crippen molar-refractivity contribution >= 4 is 28.1 Å². The molecule has 1 N–H and O–H groups in total. The number of fused-ring (bicyclic) bond motifs is 1. The predicted molar refractivity (Wildman–Crippen MR) is 73.7 cm³/mol. The van der Waals surface area contributed by atoms with E-state index in [4.69, 9.17) is 14.2 Å². The highest BCUT2D eigenvalue weighted by atomic mass is 32.1. The van der Waals surface area contributed by atoms with Gasteiger partial charge in [0.2, 0.25) is 6.79 Å². The number of benzene rings is 1. The summed E-state index contributed by atoms with van der Waals surface area (Å²) >= 11 is 1.47. The zero-order valence-electron chi connectivity index (χ0n) is 10.7. The van der Waals surface area contributed by atoms with E-state index < -0.39 is 0 Å².